The van der Waals surface area contributed by atoms with Crippen LogP contribution in [0.1, 0.15) is 61.7 Å². The molecule has 3 saturated heterocycles. The van der Waals surface area contributed by atoms with Gasteiger partial charge in [0.2, 0.25) is 0 Å². The number of nitrogens with zero attached hydrogens (tertiary/aromatic N) is 2. The number of hydrogen-bond acceptors (Lipinski definition) is 6. The zero-order chi connectivity index (χ0) is 23.5. The second kappa shape index (κ2) is 10.8. The molecule has 3 heterocycles. The van der Waals surface area contributed by atoms with Crippen molar-refractivity contribution in [2.75, 3.05) is 38.5 Å². The van der Waals surface area contributed by atoms with Gasteiger partial charge in [0.1, 0.15) is 0 Å². The predicted octanol–water partition coefficient (Wildman–Crippen LogP) is 4.11. The monoisotopic (exact) mass is 465 g/mol. The van der Waals surface area contributed by atoms with E-state index in [0.29, 0.717) is 11.7 Å². The molecule has 3 fully saturated rings. The number of ether oxygens (including phenoxy) is 2. The number of rotatable bonds is 7. The van der Waals surface area contributed by atoms with Crippen molar-refractivity contribution >= 4 is 5.69 Å². The molecule has 5 atom stereocenters. The van der Waals surface area contributed by atoms with E-state index in [-0.39, 0.29) is 24.7 Å². The van der Waals surface area contributed by atoms with Crippen molar-refractivity contribution in [1.29, 1.82) is 0 Å². The highest BCUT2D eigenvalue weighted by atomic mass is 16.7. The SMILES string of the molecule is C[C@H]1[C@@H](CN2CCC[C@H]2CN2CCCC2)O[C@@H](c2cccc(N)c2)O[C@H]1c1ccc(CO)cc1. The first-order valence-electron chi connectivity index (χ1n) is 12.9. The molecular formula is C28H39N3O3. The molecule has 34 heavy (non-hydrogen) atoms. The van der Waals surface area contributed by atoms with Gasteiger partial charge in [0, 0.05) is 36.3 Å². The second-order valence-corrected chi connectivity index (χ2v) is 10.3. The first-order chi connectivity index (χ1) is 16.6. The van der Waals surface area contributed by atoms with Crippen LogP contribution in [0, 0.1) is 5.92 Å². The average molecular weight is 466 g/mol. The quantitative estimate of drug-likeness (QED) is 0.600. The molecule has 6 nitrogen and oxygen atoms in total. The van der Waals surface area contributed by atoms with Crippen molar-refractivity contribution in [1.82, 2.24) is 9.80 Å². The van der Waals surface area contributed by atoms with Gasteiger partial charge in [0.05, 0.1) is 18.8 Å². The lowest BCUT2D eigenvalue weighted by molar-refractivity contribution is -0.276. The number of aliphatic hydroxyl groups is 1. The normalized spacial score (nSPS) is 30.7. The third kappa shape index (κ3) is 5.31. The summed E-state index contributed by atoms with van der Waals surface area (Å²) >= 11 is 0. The molecule has 6 heteroatoms. The summed E-state index contributed by atoms with van der Waals surface area (Å²) in [5.41, 5.74) is 9.80. The van der Waals surface area contributed by atoms with Crippen molar-refractivity contribution in [3.63, 3.8) is 0 Å². The van der Waals surface area contributed by atoms with Crippen molar-refractivity contribution in [2.24, 2.45) is 5.92 Å². The van der Waals surface area contributed by atoms with Crippen LogP contribution in [0.25, 0.3) is 0 Å². The maximum Gasteiger partial charge on any atom is 0.185 e. The maximum absolute atomic E-state index is 9.46. The van der Waals surface area contributed by atoms with Gasteiger partial charge in [0.25, 0.3) is 0 Å². The van der Waals surface area contributed by atoms with Crippen molar-refractivity contribution < 1.29 is 14.6 Å². The number of benzene rings is 2. The lowest BCUT2D eigenvalue weighted by Crippen LogP contribution is -2.48. The first kappa shape index (κ1) is 23.8. The van der Waals surface area contributed by atoms with Crippen LogP contribution in [0.15, 0.2) is 48.5 Å². The van der Waals surface area contributed by atoms with Gasteiger partial charge in [0.15, 0.2) is 6.29 Å². The Bertz CT molecular complexity index is 931. The molecule has 3 aliphatic heterocycles. The highest BCUT2D eigenvalue weighted by Crippen LogP contribution is 2.42. The zero-order valence-corrected chi connectivity index (χ0v) is 20.3. The Labute approximate surface area is 203 Å². The van der Waals surface area contributed by atoms with Crippen LogP contribution in [-0.2, 0) is 16.1 Å². The fraction of sp³-hybridized carbons (Fsp3) is 0.571. The largest absolute Gasteiger partial charge is 0.399 e. The average Bonchev–Trinajstić information content (AvgIpc) is 3.53. The Hall–Kier alpha value is -1.96. The summed E-state index contributed by atoms with van der Waals surface area (Å²) in [5, 5.41) is 9.46. The van der Waals surface area contributed by atoms with E-state index in [1.807, 2.05) is 36.4 Å². The topological polar surface area (TPSA) is 71.2 Å². The smallest absolute Gasteiger partial charge is 0.185 e. The lowest BCUT2D eigenvalue weighted by Gasteiger charge is -2.43. The van der Waals surface area contributed by atoms with E-state index in [0.717, 1.165) is 29.8 Å². The van der Waals surface area contributed by atoms with E-state index in [1.165, 1.54) is 45.3 Å². The van der Waals surface area contributed by atoms with Crippen molar-refractivity contribution in [3.8, 4) is 0 Å². The van der Waals surface area contributed by atoms with Gasteiger partial charge in [-0.3, -0.25) is 4.90 Å². The Morgan fingerprint density at radius 1 is 0.941 bits per heavy atom. The van der Waals surface area contributed by atoms with E-state index >= 15 is 0 Å². The van der Waals surface area contributed by atoms with E-state index < -0.39 is 6.29 Å². The van der Waals surface area contributed by atoms with Crippen LogP contribution in [0.2, 0.25) is 0 Å². The molecule has 2 aromatic rings. The first-order valence-corrected chi connectivity index (χ1v) is 12.9. The molecule has 0 aliphatic carbocycles. The summed E-state index contributed by atoms with van der Waals surface area (Å²) in [4.78, 5) is 5.30. The van der Waals surface area contributed by atoms with E-state index in [2.05, 4.69) is 28.9 Å². The van der Waals surface area contributed by atoms with Gasteiger partial charge in [-0.2, -0.15) is 0 Å². The van der Waals surface area contributed by atoms with E-state index in [9.17, 15) is 5.11 Å². The zero-order valence-electron chi connectivity index (χ0n) is 20.3. The predicted molar refractivity (Wildman–Crippen MR) is 134 cm³/mol. The van der Waals surface area contributed by atoms with Crippen molar-refractivity contribution in [2.45, 2.75) is 63.8 Å². The standard InChI is InChI=1S/C28H39N3O3/c1-20-26(18-31-15-5-8-25(31)17-30-13-2-3-14-30)33-28(23-6-4-7-24(29)16-23)34-27(20)22-11-9-21(19-32)10-12-22/h4,6-7,9-12,16,20,25-28,32H,2-3,5,8,13-15,17-19,29H2,1H3/t20-,25-,26+,27+,28+/m0/s1. The third-order valence-corrected chi connectivity index (χ3v) is 7.89. The molecule has 0 radical (unpaired) electrons. The molecular weight excluding hydrogens is 426 g/mol. The summed E-state index contributed by atoms with van der Waals surface area (Å²) in [5.74, 6) is 0.199. The Kier molecular flexibility index (Phi) is 7.52. The molecule has 0 saturated carbocycles. The number of aliphatic hydroxyl groups excluding tert-OH is 1. The van der Waals surface area contributed by atoms with E-state index in [1.54, 1.807) is 0 Å². The molecule has 0 aromatic heterocycles. The second-order valence-electron chi connectivity index (χ2n) is 10.3. The summed E-state index contributed by atoms with van der Waals surface area (Å²) in [6, 6.07) is 16.6. The number of hydrogen-bond donors (Lipinski definition) is 2. The van der Waals surface area contributed by atoms with Gasteiger partial charge >= 0.3 is 0 Å². The van der Waals surface area contributed by atoms with Crippen LogP contribution in [-0.4, -0.2) is 59.8 Å². The maximum atomic E-state index is 9.46. The van der Waals surface area contributed by atoms with Gasteiger partial charge < -0.3 is 25.2 Å². The molecule has 3 N–H and O–H groups in total. The van der Waals surface area contributed by atoms with Gasteiger partial charge in [-0.1, -0.05) is 43.3 Å². The fourth-order valence-corrected chi connectivity index (χ4v) is 5.87. The molecule has 2 aromatic carbocycles. The molecule has 0 bridgehead atoms. The van der Waals surface area contributed by atoms with Gasteiger partial charge in [-0.25, -0.2) is 0 Å². The Morgan fingerprint density at radius 2 is 1.74 bits per heavy atom. The lowest BCUT2D eigenvalue weighted by atomic mass is 9.90. The molecule has 3 aliphatic rings. The van der Waals surface area contributed by atoms with E-state index in [4.69, 9.17) is 15.2 Å². The number of anilines is 1. The Morgan fingerprint density at radius 3 is 2.47 bits per heavy atom. The summed E-state index contributed by atoms with van der Waals surface area (Å²) in [7, 11) is 0. The van der Waals surface area contributed by atoms with Crippen LogP contribution in [0.4, 0.5) is 5.69 Å². The van der Waals surface area contributed by atoms with Gasteiger partial charge in [-0.15, -0.1) is 0 Å². The molecule has 0 amide bonds. The summed E-state index contributed by atoms with van der Waals surface area (Å²) in [6.07, 6.45) is 4.74. The molecule has 184 valence electrons. The van der Waals surface area contributed by atoms with Crippen LogP contribution >= 0.6 is 0 Å². The fourth-order valence-electron chi connectivity index (χ4n) is 5.87. The number of nitrogens with two attached hydrogens (primary N) is 1. The third-order valence-electron chi connectivity index (χ3n) is 7.89. The van der Waals surface area contributed by atoms with Gasteiger partial charge in [-0.05, 0) is 68.6 Å². The summed E-state index contributed by atoms with van der Waals surface area (Å²) < 4.78 is 13.2. The number of nitrogen functional groups attached to an aromatic ring is 1. The van der Waals surface area contributed by atoms with Crippen LogP contribution in [0.5, 0.6) is 0 Å². The minimum Gasteiger partial charge on any atom is -0.399 e. The van der Waals surface area contributed by atoms with Crippen molar-refractivity contribution in [3.05, 3.63) is 65.2 Å². The highest BCUT2D eigenvalue weighted by Gasteiger charge is 2.40. The summed E-state index contributed by atoms with van der Waals surface area (Å²) in [6.45, 7) is 8.04. The minimum absolute atomic E-state index is 0.0480. The van der Waals surface area contributed by atoms with Crippen LogP contribution in [0.3, 0.4) is 0 Å². The minimum atomic E-state index is -0.452. The van der Waals surface area contributed by atoms with Crippen LogP contribution < -0.4 is 5.73 Å². The molecule has 0 spiro atoms. The molecule has 5 rings (SSSR count). The Balaban J connectivity index is 1.36. The number of likely N-dealkylation sites (tertiary alicyclic amines) is 2. The highest BCUT2D eigenvalue weighted by molar-refractivity contribution is 5.41. The molecule has 0 unspecified atom stereocenters.